The summed E-state index contributed by atoms with van der Waals surface area (Å²) in [5.74, 6) is 0.197. The number of anilines is 1. The largest absolute Gasteiger partial charge is 0.337 e. The standard InChI is InChI=1S/C22H20N4OS/c1-15-19(13-16-7-3-2-4-8-16)26-22(24-15)28-14-20(27)25-18-11-5-9-17-10-6-12-23-21(17)18/h2-12H,13-14H2,1H3,(H,24,26)(H,25,27). The van der Waals surface area contributed by atoms with Crippen molar-refractivity contribution in [2.75, 3.05) is 11.1 Å². The molecule has 6 heteroatoms. The fourth-order valence-corrected chi connectivity index (χ4v) is 3.76. The number of rotatable bonds is 6. The normalized spacial score (nSPS) is 10.9. The van der Waals surface area contributed by atoms with Crippen LogP contribution < -0.4 is 5.32 Å². The van der Waals surface area contributed by atoms with E-state index >= 15 is 0 Å². The van der Waals surface area contributed by atoms with Gasteiger partial charge in [-0.3, -0.25) is 9.78 Å². The van der Waals surface area contributed by atoms with Crippen LogP contribution in [0.1, 0.15) is 17.0 Å². The summed E-state index contributed by atoms with van der Waals surface area (Å²) in [6, 6.07) is 19.9. The van der Waals surface area contributed by atoms with Gasteiger partial charge in [0, 0.05) is 23.7 Å². The third-order valence-corrected chi connectivity index (χ3v) is 5.30. The molecule has 0 aliphatic rings. The molecule has 0 spiro atoms. The lowest BCUT2D eigenvalue weighted by Crippen LogP contribution is -2.14. The van der Waals surface area contributed by atoms with E-state index in [0.29, 0.717) is 0 Å². The molecule has 0 saturated heterocycles. The molecule has 0 fully saturated rings. The number of nitrogens with zero attached hydrogens (tertiary/aromatic N) is 2. The molecule has 0 atom stereocenters. The molecule has 28 heavy (non-hydrogen) atoms. The zero-order chi connectivity index (χ0) is 19.3. The molecular formula is C22H20N4OS. The number of aryl methyl sites for hydroxylation is 1. The minimum Gasteiger partial charge on any atom is -0.337 e. The Hall–Kier alpha value is -3.12. The summed E-state index contributed by atoms with van der Waals surface area (Å²) in [7, 11) is 0. The molecule has 0 unspecified atom stereocenters. The third-order valence-electron chi connectivity index (χ3n) is 4.42. The van der Waals surface area contributed by atoms with Crippen LogP contribution in [0.5, 0.6) is 0 Å². The second-order valence-electron chi connectivity index (χ2n) is 6.49. The molecule has 2 heterocycles. The van der Waals surface area contributed by atoms with Gasteiger partial charge in [-0.15, -0.1) is 0 Å². The van der Waals surface area contributed by atoms with Gasteiger partial charge < -0.3 is 10.3 Å². The molecule has 0 aliphatic heterocycles. The van der Waals surface area contributed by atoms with E-state index in [9.17, 15) is 4.79 Å². The lowest BCUT2D eigenvalue weighted by atomic mass is 10.1. The maximum absolute atomic E-state index is 12.4. The number of H-pyrrole nitrogens is 1. The molecular weight excluding hydrogens is 368 g/mol. The first-order valence-electron chi connectivity index (χ1n) is 9.05. The molecule has 0 saturated carbocycles. The number of carbonyl (C=O) groups is 1. The minimum absolute atomic E-state index is 0.0817. The Kier molecular flexibility index (Phi) is 5.39. The van der Waals surface area contributed by atoms with Crippen molar-refractivity contribution in [2.45, 2.75) is 18.5 Å². The van der Waals surface area contributed by atoms with Gasteiger partial charge >= 0.3 is 0 Å². The summed E-state index contributed by atoms with van der Waals surface area (Å²) in [4.78, 5) is 24.7. The van der Waals surface area contributed by atoms with Gasteiger partial charge in [-0.2, -0.15) is 0 Å². The van der Waals surface area contributed by atoms with Crippen LogP contribution in [-0.2, 0) is 11.2 Å². The maximum atomic E-state index is 12.4. The highest BCUT2D eigenvalue weighted by molar-refractivity contribution is 7.99. The lowest BCUT2D eigenvalue weighted by molar-refractivity contribution is -0.113. The first-order chi connectivity index (χ1) is 13.7. The van der Waals surface area contributed by atoms with Crippen molar-refractivity contribution in [3.8, 4) is 0 Å². The highest BCUT2D eigenvalue weighted by Gasteiger charge is 2.11. The number of fused-ring (bicyclic) bond motifs is 1. The van der Waals surface area contributed by atoms with Crippen LogP contribution in [0.4, 0.5) is 5.69 Å². The Labute approximate surface area is 167 Å². The van der Waals surface area contributed by atoms with E-state index in [2.05, 4.69) is 32.4 Å². The van der Waals surface area contributed by atoms with E-state index < -0.39 is 0 Å². The molecule has 0 aliphatic carbocycles. The molecule has 0 bridgehead atoms. The summed E-state index contributed by atoms with van der Waals surface area (Å²) < 4.78 is 0. The summed E-state index contributed by atoms with van der Waals surface area (Å²) in [5, 5.41) is 4.71. The first-order valence-corrected chi connectivity index (χ1v) is 10.0. The summed E-state index contributed by atoms with van der Waals surface area (Å²) >= 11 is 1.40. The lowest BCUT2D eigenvalue weighted by Gasteiger charge is -2.07. The maximum Gasteiger partial charge on any atom is 0.234 e. The average molecular weight is 388 g/mol. The van der Waals surface area contributed by atoms with Gasteiger partial charge in [0.1, 0.15) is 0 Å². The van der Waals surface area contributed by atoms with Gasteiger partial charge in [0.15, 0.2) is 5.16 Å². The SMILES string of the molecule is Cc1[nH]c(SCC(=O)Nc2cccc3cccnc23)nc1Cc1ccccc1. The number of amides is 1. The Morgan fingerprint density at radius 3 is 2.75 bits per heavy atom. The van der Waals surface area contributed by atoms with E-state index in [0.717, 1.165) is 39.6 Å². The van der Waals surface area contributed by atoms with Crippen LogP contribution in [0.3, 0.4) is 0 Å². The second kappa shape index (κ2) is 8.27. The zero-order valence-electron chi connectivity index (χ0n) is 15.5. The molecule has 2 aromatic carbocycles. The molecule has 0 radical (unpaired) electrons. The monoisotopic (exact) mass is 388 g/mol. The van der Waals surface area contributed by atoms with Crippen molar-refractivity contribution in [3.05, 3.63) is 83.8 Å². The van der Waals surface area contributed by atoms with Crippen molar-refractivity contribution in [2.24, 2.45) is 0 Å². The smallest absolute Gasteiger partial charge is 0.234 e. The van der Waals surface area contributed by atoms with Crippen LogP contribution in [-0.4, -0.2) is 26.6 Å². The Morgan fingerprint density at radius 2 is 1.89 bits per heavy atom. The topological polar surface area (TPSA) is 70.7 Å². The van der Waals surface area contributed by atoms with E-state index in [1.807, 2.05) is 55.5 Å². The molecule has 4 aromatic rings. The number of aromatic nitrogens is 3. The van der Waals surface area contributed by atoms with Crippen molar-refractivity contribution in [1.82, 2.24) is 15.0 Å². The predicted octanol–water partition coefficient (Wildman–Crippen LogP) is 4.59. The second-order valence-corrected chi connectivity index (χ2v) is 7.46. The summed E-state index contributed by atoms with van der Waals surface area (Å²) in [6.07, 6.45) is 2.50. The van der Waals surface area contributed by atoms with Crippen LogP contribution in [0.2, 0.25) is 0 Å². The van der Waals surface area contributed by atoms with Crippen molar-refractivity contribution >= 4 is 34.3 Å². The van der Waals surface area contributed by atoms with Gasteiger partial charge in [-0.25, -0.2) is 4.98 Å². The van der Waals surface area contributed by atoms with Gasteiger partial charge in [0.2, 0.25) is 5.91 Å². The number of para-hydroxylation sites is 1. The van der Waals surface area contributed by atoms with Gasteiger partial charge in [-0.05, 0) is 24.6 Å². The van der Waals surface area contributed by atoms with Gasteiger partial charge in [0.05, 0.1) is 22.7 Å². The number of benzene rings is 2. The number of thioether (sulfide) groups is 1. The Balaban J connectivity index is 1.39. The van der Waals surface area contributed by atoms with Crippen molar-refractivity contribution < 1.29 is 4.79 Å². The van der Waals surface area contributed by atoms with E-state index in [4.69, 9.17) is 0 Å². The highest BCUT2D eigenvalue weighted by atomic mass is 32.2. The predicted molar refractivity (Wildman–Crippen MR) is 114 cm³/mol. The zero-order valence-corrected chi connectivity index (χ0v) is 16.3. The molecule has 140 valence electrons. The fraction of sp³-hybridized carbons (Fsp3) is 0.136. The van der Waals surface area contributed by atoms with Gasteiger partial charge in [0.25, 0.3) is 0 Å². The number of carbonyl (C=O) groups excluding carboxylic acids is 1. The fourth-order valence-electron chi connectivity index (χ4n) is 3.02. The Bertz CT molecular complexity index is 1100. The first kappa shape index (κ1) is 18.3. The summed E-state index contributed by atoms with van der Waals surface area (Å²) in [6.45, 7) is 2.01. The van der Waals surface area contributed by atoms with Gasteiger partial charge in [-0.1, -0.05) is 60.3 Å². The van der Waals surface area contributed by atoms with E-state index in [1.165, 1.54) is 17.3 Å². The molecule has 1 amide bonds. The molecule has 2 aromatic heterocycles. The number of hydrogen-bond acceptors (Lipinski definition) is 4. The molecule has 5 nitrogen and oxygen atoms in total. The number of nitrogens with one attached hydrogen (secondary N) is 2. The minimum atomic E-state index is -0.0817. The van der Waals surface area contributed by atoms with Crippen molar-refractivity contribution in [1.29, 1.82) is 0 Å². The summed E-state index contributed by atoms with van der Waals surface area (Å²) in [5.41, 5.74) is 4.78. The molecule has 2 N–H and O–H groups in total. The third kappa shape index (κ3) is 4.23. The number of imidazole rings is 1. The van der Waals surface area contributed by atoms with E-state index in [1.54, 1.807) is 6.20 Å². The molecule has 4 rings (SSSR count). The van der Waals surface area contributed by atoms with Crippen LogP contribution in [0.15, 0.2) is 72.0 Å². The number of aromatic amines is 1. The highest BCUT2D eigenvalue weighted by Crippen LogP contribution is 2.22. The van der Waals surface area contributed by atoms with Crippen molar-refractivity contribution in [3.63, 3.8) is 0 Å². The number of hydrogen-bond donors (Lipinski definition) is 2. The van der Waals surface area contributed by atoms with Crippen LogP contribution in [0, 0.1) is 6.92 Å². The quantitative estimate of drug-likeness (QED) is 0.474. The van der Waals surface area contributed by atoms with E-state index in [-0.39, 0.29) is 11.7 Å². The van der Waals surface area contributed by atoms with Crippen LogP contribution in [0.25, 0.3) is 10.9 Å². The Morgan fingerprint density at radius 1 is 1.07 bits per heavy atom. The number of pyridine rings is 1. The van der Waals surface area contributed by atoms with Crippen LogP contribution >= 0.6 is 11.8 Å². The average Bonchev–Trinajstić information content (AvgIpc) is 3.07.